The lowest BCUT2D eigenvalue weighted by Crippen LogP contribution is -2.39. The fourth-order valence-corrected chi connectivity index (χ4v) is 5.13. The molecule has 4 rings (SSSR count). The van der Waals surface area contributed by atoms with Gasteiger partial charge in [0.25, 0.3) is 11.5 Å². The molecule has 0 atom stereocenters. The summed E-state index contributed by atoms with van der Waals surface area (Å²) in [5, 5.41) is 0.484. The lowest BCUT2D eigenvalue weighted by Gasteiger charge is -2.31. The van der Waals surface area contributed by atoms with Gasteiger partial charge in [-0.1, -0.05) is 23.2 Å². The van der Waals surface area contributed by atoms with E-state index in [1.165, 1.54) is 6.92 Å². The van der Waals surface area contributed by atoms with Crippen LogP contribution in [0, 0.1) is 6.92 Å². The standard InChI is InChI=1S/C23H23Cl2N3O4/c1-10(26)18(12(3)29)15-8-17(24)14-4-6-28(23(31)19(14)20(15)25)9-16-21-13(5-7-32-21)11(2)27-22(16)30/h8H,4-7,9,26H2,1-3H3,(H,27,30). The summed E-state index contributed by atoms with van der Waals surface area (Å²) in [6.45, 7) is 5.77. The molecule has 0 saturated heterocycles. The summed E-state index contributed by atoms with van der Waals surface area (Å²) >= 11 is 13.1. The highest BCUT2D eigenvalue weighted by molar-refractivity contribution is 6.40. The largest absolute Gasteiger partial charge is 0.492 e. The zero-order valence-corrected chi connectivity index (χ0v) is 19.5. The number of nitrogens with two attached hydrogens (primary N) is 1. The molecule has 2 aliphatic heterocycles. The van der Waals surface area contributed by atoms with Crippen LogP contribution < -0.4 is 16.0 Å². The molecule has 1 aromatic carbocycles. The molecule has 9 heteroatoms. The number of Topliss-reactive ketones (excluding diaryl/α,β-unsaturated/α-hetero) is 1. The molecular weight excluding hydrogens is 453 g/mol. The van der Waals surface area contributed by atoms with E-state index in [0.29, 0.717) is 53.5 Å². The zero-order valence-electron chi connectivity index (χ0n) is 18.0. The van der Waals surface area contributed by atoms with Gasteiger partial charge >= 0.3 is 0 Å². The lowest BCUT2D eigenvalue weighted by atomic mass is 9.91. The summed E-state index contributed by atoms with van der Waals surface area (Å²) in [5.74, 6) is -0.0745. The molecule has 7 nitrogen and oxygen atoms in total. The monoisotopic (exact) mass is 475 g/mol. The lowest BCUT2D eigenvalue weighted by molar-refractivity contribution is -0.111. The molecule has 0 aliphatic carbocycles. The number of fused-ring (bicyclic) bond motifs is 2. The van der Waals surface area contributed by atoms with Gasteiger partial charge in [-0.25, -0.2) is 0 Å². The SMILES string of the molecule is CC(=O)C(=C(C)N)c1cc(Cl)c2c(c1Cl)C(=O)N(Cc1c3c(c(C)[nH]c1=O)CCO3)CC2. The first-order valence-electron chi connectivity index (χ1n) is 10.3. The average molecular weight is 476 g/mol. The van der Waals surface area contributed by atoms with Crippen LogP contribution in [0.25, 0.3) is 5.57 Å². The predicted octanol–water partition coefficient (Wildman–Crippen LogP) is 3.40. The van der Waals surface area contributed by atoms with Crippen molar-refractivity contribution in [2.24, 2.45) is 5.73 Å². The number of hydrogen-bond donors (Lipinski definition) is 2. The predicted molar refractivity (Wildman–Crippen MR) is 123 cm³/mol. The highest BCUT2D eigenvalue weighted by Gasteiger charge is 2.33. The molecule has 2 aromatic rings. The number of halogens is 2. The molecular formula is C23H23Cl2N3O4. The Labute approximate surface area is 195 Å². The van der Waals surface area contributed by atoms with Crippen LogP contribution in [0.5, 0.6) is 5.75 Å². The van der Waals surface area contributed by atoms with E-state index in [-0.39, 0.29) is 45.7 Å². The van der Waals surface area contributed by atoms with Crippen molar-refractivity contribution >= 4 is 40.5 Å². The summed E-state index contributed by atoms with van der Waals surface area (Å²) in [4.78, 5) is 42.7. The van der Waals surface area contributed by atoms with E-state index in [2.05, 4.69) is 4.98 Å². The number of rotatable bonds is 4. The summed E-state index contributed by atoms with van der Waals surface area (Å²) in [6, 6.07) is 1.59. The highest BCUT2D eigenvalue weighted by atomic mass is 35.5. The van der Waals surface area contributed by atoms with Gasteiger partial charge in [0, 0.05) is 46.1 Å². The van der Waals surface area contributed by atoms with Gasteiger partial charge in [0.15, 0.2) is 5.78 Å². The van der Waals surface area contributed by atoms with E-state index >= 15 is 0 Å². The van der Waals surface area contributed by atoms with Crippen LogP contribution in [0.3, 0.4) is 0 Å². The number of benzene rings is 1. The number of allylic oxidation sites excluding steroid dienone is 2. The minimum absolute atomic E-state index is 0.0831. The van der Waals surface area contributed by atoms with Crippen molar-refractivity contribution in [2.75, 3.05) is 13.2 Å². The fourth-order valence-electron chi connectivity index (χ4n) is 4.49. The summed E-state index contributed by atoms with van der Waals surface area (Å²) in [7, 11) is 0. The Hall–Kier alpha value is -2.77. The second kappa shape index (κ2) is 8.30. The number of aromatic amines is 1. The van der Waals surface area contributed by atoms with Gasteiger partial charge in [0.2, 0.25) is 0 Å². The molecule has 2 aliphatic rings. The minimum atomic E-state index is -0.357. The molecule has 32 heavy (non-hydrogen) atoms. The summed E-state index contributed by atoms with van der Waals surface area (Å²) < 4.78 is 5.72. The number of nitrogens with zero attached hydrogens (tertiary/aromatic N) is 1. The van der Waals surface area contributed by atoms with E-state index in [9.17, 15) is 14.4 Å². The van der Waals surface area contributed by atoms with Crippen LogP contribution in [-0.2, 0) is 24.2 Å². The van der Waals surface area contributed by atoms with Crippen LogP contribution >= 0.6 is 23.2 Å². The van der Waals surface area contributed by atoms with Crippen molar-refractivity contribution in [2.45, 2.75) is 40.2 Å². The molecule has 0 fully saturated rings. The molecule has 1 amide bonds. The van der Waals surface area contributed by atoms with Crippen molar-refractivity contribution in [3.05, 3.63) is 65.7 Å². The quantitative estimate of drug-likeness (QED) is 0.659. The number of aromatic nitrogens is 1. The minimum Gasteiger partial charge on any atom is -0.492 e. The van der Waals surface area contributed by atoms with Crippen molar-refractivity contribution in [1.29, 1.82) is 0 Å². The Morgan fingerprint density at radius 2 is 1.94 bits per heavy atom. The van der Waals surface area contributed by atoms with Crippen LogP contribution in [0.4, 0.5) is 0 Å². The van der Waals surface area contributed by atoms with Crippen LogP contribution in [0.1, 0.15) is 52.2 Å². The topological polar surface area (TPSA) is 105 Å². The molecule has 0 spiro atoms. The third-order valence-corrected chi connectivity index (χ3v) is 6.72. The second-order valence-electron chi connectivity index (χ2n) is 8.13. The molecule has 0 radical (unpaired) electrons. The van der Waals surface area contributed by atoms with Crippen LogP contribution in [0.15, 0.2) is 16.6 Å². The maximum absolute atomic E-state index is 13.5. The number of ether oxygens (including phenoxy) is 1. The molecule has 0 saturated carbocycles. The maximum Gasteiger partial charge on any atom is 0.256 e. The van der Waals surface area contributed by atoms with Crippen molar-refractivity contribution in [3.63, 3.8) is 0 Å². The number of hydrogen-bond acceptors (Lipinski definition) is 5. The van der Waals surface area contributed by atoms with Crippen molar-refractivity contribution in [1.82, 2.24) is 9.88 Å². The van der Waals surface area contributed by atoms with Gasteiger partial charge in [0.1, 0.15) is 5.75 Å². The Bertz CT molecular complexity index is 1260. The summed E-state index contributed by atoms with van der Waals surface area (Å²) in [6.07, 6.45) is 1.18. The first kappa shape index (κ1) is 22.4. The van der Waals surface area contributed by atoms with E-state index in [1.807, 2.05) is 6.92 Å². The third-order valence-electron chi connectivity index (χ3n) is 5.99. The fraction of sp³-hybridized carbons (Fsp3) is 0.348. The zero-order chi connectivity index (χ0) is 23.3. The highest BCUT2D eigenvalue weighted by Crippen LogP contribution is 2.39. The normalized spacial score (nSPS) is 15.8. The van der Waals surface area contributed by atoms with Crippen LogP contribution in [-0.4, -0.2) is 34.7 Å². The van der Waals surface area contributed by atoms with E-state index in [1.54, 1.807) is 17.9 Å². The summed E-state index contributed by atoms with van der Waals surface area (Å²) in [5.41, 5.74) is 9.50. The molecule has 3 heterocycles. The maximum atomic E-state index is 13.5. The van der Waals surface area contributed by atoms with Crippen molar-refractivity contribution in [3.8, 4) is 5.75 Å². The molecule has 0 bridgehead atoms. The molecule has 3 N–H and O–H groups in total. The van der Waals surface area contributed by atoms with Gasteiger partial charge in [-0.15, -0.1) is 0 Å². The van der Waals surface area contributed by atoms with Crippen LogP contribution in [0.2, 0.25) is 10.0 Å². The van der Waals surface area contributed by atoms with Gasteiger partial charge < -0.3 is 20.4 Å². The number of carbonyl (C=O) groups is 2. The van der Waals surface area contributed by atoms with Gasteiger partial charge in [-0.2, -0.15) is 0 Å². The number of H-pyrrole nitrogens is 1. The number of ketones is 1. The molecule has 168 valence electrons. The van der Waals surface area contributed by atoms with Crippen molar-refractivity contribution < 1.29 is 14.3 Å². The third kappa shape index (κ3) is 3.59. The van der Waals surface area contributed by atoms with Gasteiger partial charge in [0.05, 0.1) is 29.3 Å². The average Bonchev–Trinajstić information content (AvgIpc) is 3.19. The van der Waals surface area contributed by atoms with Gasteiger partial charge in [-0.05, 0) is 38.8 Å². The molecule has 1 aromatic heterocycles. The Morgan fingerprint density at radius 1 is 1.22 bits per heavy atom. The Kier molecular flexibility index (Phi) is 5.81. The number of amides is 1. The smallest absolute Gasteiger partial charge is 0.256 e. The van der Waals surface area contributed by atoms with Gasteiger partial charge in [-0.3, -0.25) is 14.4 Å². The van der Waals surface area contributed by atoms with E-state index in [4.69, 9.17) is 33.7 Å². The Morgan fingerprint density at radius 3 is 2.59 bits per heavy atom. The Balaban J connectivity index is 1.78. The number of aryl methyl sites for hydroxylation is 1. The first-order chi connectivity index (χ1) is 15.1. The number of carbonyl (C=O) groups excluding carboxylic acids is 2. The second-order valence-corrected chi connectivity index (χ2v) is 8.91. The number of nitrogens with one attached hydrogen (secondary N) is 1. The first-order valence-corrected chi connectivity index (χ1v) is 11.0. The number of pyridine rings is 1. The molecule has 0 unspecified atom stereocenters. The van der Waals surface area contributed by atoms with E-state index in [0.717, 1.165) is 11.3 Å². The van der Waals surface area contributed by atoms with E-state index < -0.39 is 0 Å².